The van der Waals surface area contributed by atoms with Crippen LogP contribution in [0.2, 0.25) is 0 Å². The molecule has 2 atom stereocenters. The lowest BCUT2D eigenvalue weighted by atomic mass is 9.90. The Hall–Kier alpha value is -3.29. The van der Waals surface area contributed by atoms with Crippen LogP contribution in [0.15, 0.2) is 30.3 Å². The van der Waals surface area contributed by atoms with Crippen molar-refractivity contribution in [1.82, 2.24) is 5.32 Å². The first-order valence-electron chi connectivity index (χ1n) is 9.22. The third-order valence-corrected chi connectivity index (χ3v) is 5.39. The molecular weight excluding hydrogens is 376 g/mol. The number of nitrogens with one attached hydrogen (secondary N) is 1. The summed E-state index contributed by atoms with van der Waals surface area (Å²) >= 11 is 0. The SMILES string of the molecule is COc1cc(N2C(=O)NC3CC2(C)Oc2c(OC)cccc23)cc(OC)c1OC. The van der Waals surface area contributed by atoms with Crippen molar-refractivity contribution in [3.8, 4) is 28.7 Å². The highest BCUT2D eigenvalue weighted by molar-refractivity contribution is 5.95. The number of amides is 2. The van der Waals surface area contributed by atoms with Crippen molar-refractivity contribution in [1.29, 1.82) is 0 Å². The summed E-state index contributed by atoms with van der Waals surface area (Å²) in [5, 5.41) is 3.07. The van der Waals surface area contributed by atoms with E-state index in [1.807, 2.05) is 25.1 Å². The molecule has 0 radical (unpaired) electrons. The fraction of sp³-hybridized carbons (Fsp3) is 0.381. The lowest BCUT2D eigenvalue weighted by molar-refractivity contribution is 0.0349. The van der Waals surface area contributed by atoms with E-state index in [1.165, 1.54) is 21.3 Å². The molecule has 2 heterocycles. The Morgan fingerprint density at radius 3 is 2.28 bits per heavy atom. The van der Waals surface area contributed by atoms with Crippen LogP contribution in [0.25, 0.3) is 0 Å². The van der Waals surface area contributed by atoms with Gasteiger partial charge in [-0.15, -0.1) is 0 Å². The van der Waals surface area contributed by atoms with Crippen LogP contribution < -0.4 is 33.9 Å². The van der Waals surface area contributed by atoms with Crippen LogP contribution in [0.4, 0.5) is 10.5 Å². The van der Waals surface area contributed by atoms with Gasteiger partial charge in [0.1, 0.15) is 0 Å². The smallest absolute Gasteiger partial charge is 0.325 e. The van der Waals surface area contributed by atoms with Gasteiger partial charge in [-0.05, 0) is 13.0 Å². The Bertz CT molecular complexity index is 937. The average molecular weight is 400 g/mol. The second kappa shape index (κ2) is 6.95. The first-order chi connectivity index (χ1) is 14.0. The summed E-state index contributed by atoms with van der Waals surface area (Å²) in [7, 11) is 6.20. The fourth-order valence-electron chi connectivity index (χ4n) is 4.11. The lowest BCUT2D eigenvalue weighted by Gasteiger charge is -2.50. The van der Waals surface area contributed by atoms with Crippen LogP contribution >= 0.6 is 0 Å². The highest BCUT2D eigenvalue weighted by Gasteiger charge is 2.51. The van der Waals surface area contributed by atoms with E-state index in [2.05, 4.69) is 5.32 Å². The van der Waals surface area contributed by atoms with Crippen LogP contribution in [-0.4, -0.2) is 40.2 Å². The number of nitrogens with zero attached hydrogens (tertiary/aromatic N) is 1. The standard InChI is InChI=1S/C21H24N2O6/c1-21-11-14(13-7-6-8-15(25-2)18(13)29-21)22-20(24)23(21)12-9-16(26-3)19(28-5)17(10-12)27-4/h6-10,14H,11H2,1-5H3,(H,22,24). The van der Waals surface area contributed by atoms with Crippen LogP contribution in [0, 0.1) is 0 Å². The predicted octanol–water partition coefficient (Wildman–Crippen LogP) is 3.49. The van der Waals surface area contributed by atoms with Gasteiger partial charge in [0.2, 0.25) is 5.75 Å². The number of carbonyl (C=O) groups excluding carboxylic acids is 1. The van der Waals surface area contributed by atoms with Crippen molar-refractivity contribution in [2.45, 2.75) is 25.1 Å². The summed E-state index contributed by atoms with van der Waals surface area (Å²) in [5.41, 5.74) is 0.537. The second-order valence-electron chi connectivity index (χ2n) is 7.08. The molecule has 2 aliphatic heterocycles. The van der Waals surface area contributed by atoms with E-state index in [1.54, 1.807) is 24.1 Å². The number of ether oxygens (including phenoxy) is 5. The monoisotopic (exact) mass is 400 g/mol. The van der Waals surface area contributed by atoms with Crippen LogP contribution in [0.5, 0.6) is 28.7 Å². The van der Waals surface area contributed by atoms with Crippen LogP contribution in [0.1, 0.15) is 24.9 Å². The number of hydrogen-bond acceptors (Lipinski definition) is 6. The average Bonchev–Trinajstić information content (AvgIpc) is 2.71. The fourth-order valence-corrected chi connectivity index (χ4v) is 4.11. The number of rotatable bonds is 5. The maximum absolute atomic E-state index is 13.1. The number of hydrogen-bond donors (Lipinski definition) is 1. The summed E-state index contributed by atoms with van der Waals surface area (Å²) in [6.45, 7) is 1.89. The summed E-state index contributed by atoms with van der Waals surface area (Å²) in [5.74, 6) is 2.62. The van der Waals surface area contributed by atoms with Crippen molar-refractivity contribution in [3.05, 3.63) is 35.9 Å². The van der Waals surface area contributed by atoms with Crippen molar-refractivity contribution < 1.29 is 28.5 Å². The van der Waals surface area contributed by atoms with Gasteiger partial charge in [-0.2, -0.15) is 0 Å². The largest absolute Gasteiger partial charge is 0.493 e. The number of methoxy groups -OCH3 is 4. The summed E-state index contributed by atoms with van der Waals surface area (Å²) < 4.78 is 28.2. The van der Waals surface area contributed by atoms with Crippen molar-refractivity contribution in [2.24, 2.45) is 0 Å². The van der Waals surface area contributed by atoms with E-state index in [4.69, 9.17) is 23.7 Å². The number of benzene rings is 2. The minimum Gasteiger partial charge on any atom is -0.493 e. The molecule has 0 saturated carbocycles. The number of fused-ring (bicyclic) bond motifs is 4. The molecule has 4 rings (SSSR count). The molecule has 8 nitrogen and oxygen atoms in total. The third kappa shape index (κ3) is 2.86. The summed E-state index contributed by atoms with van der Waals surface area (Å²) in [6, 6.07) is 8.69. The molecule has 2 aromatic rings. The van der Waals surface area contributed by atoms with Gasteiger partial charge in [-0.25, -0.2) is 4.79 Å². The molecule has 0 spiro atoms. The zero-order valence-corrected chi connectivity index (χ0v) is 17.1. The molecule has 8 heteroatoms. The van der Waals surface area contributed by atoms with E-state index in [0.29, 0.717) is 40.9 Å². The van der Waals surface area contributed by atoms with Crippen LogP contribution in [0.3, 0.4) is 0 Å². The van der Waals surface area contributed by atoms with E-state index in [0.717, 1.165) is 5.56 Å². The predicted molar refractivity (Wildman–Crippen MR) is 106 cm³/mol. The molecular formula is C21H24N2O6. The van der Waals surface area contributed by atoms with Gasteiger partial charge in [0.25, 0.3) is 0 Å². The third-order valence-electron chi connectivity index (χ3n) is 5.39. The molecule has 154 valence electrons. The van der Waals surface area contributed by atoms with Crippen molar-refractivity contribution in [2.75, 3.05) is 33.3 Å². The lowest BCUT2D eigenvalue weighted by Crippen LogP contribution is -2.65. The molecule has 2 bridgehead atoms. The van der Waals surface area contributed by atoms with Gasteiger partial charge in [-0.3, -0.25) is 4.90 Å². The van der Waals surface area contributed by atoms with E-state index in [9.17, 15) is 4.79 Å². The molecule has 2 unspecified atom stereocenters. The normalized spacial score (nSPS) is 22.2. The van der Waals surface area contributed by atoms with Crippen molar-refractivity contribution >= 4 is 11.7 Å². The van der Waals surface area contributed by atoms with Gasteiger partial charge in [0.15, 0.2) is 28.7 Å². The van der Waals surface area contributed by atoms with Gasteiger partial charge in [0.05, 0.1) is 40.2 Å². The Labute approximate surface area is 169 Å². The first-order valence-corrected chi connectivity index (χ1v) is 9.22. The topological polar surface area (TPSA) is 78.5 Å². The molecule has 0 aromatic heterocycles. The highest BCUT2D eigenvalue weighted by atomic mass is 16.5. The van der Waals surface area contributed by atoms with Crippen LogP contribution in [-0.2, 0) is 0 Å². The highest BCUT2D eigenvalue weighted by Crippen LogP contribution is 2.50. The summed E-state index contributed by atoms with van der Waals surface area (Å²) in [4.78, 5) is 14.7. The number of urea groups is 1. The second-order valence-corrected chi connectivity index (χ2v) is 7.08. The number of anilines is 1. The molecule has 1 N–H and O–H groups in total. The Morgan fingerprint density at radius 2 is 1.69 bits per heavy atom. The molecule has 1 fully saturated rings. The summed E-state index contributed by atoms with van der Waals surface area (Å²) in [6.07, 6.45) is 0.565. The van der Waals surface area contributed by atoms with Crippen molar-refractivity contribution in [3.63, 3.8) is 0 Å². The minimum atomic E-state index is -0.931. The number of para-hydroxylation sites is 1. The number of carbonyl (C=O) groups is 1. The molecule has 2 amide bonds. The zero-order valence-electron chi connectivity index (χ0n) is 17.1. The molecule has 1 saturated heterocycles. The molecule has 2 aliphatic rings. The van der Waals surface area contributed by atoms with E-state index >= 15 is 0 Å². The zero-order chi connectivity index (χ0) is 20.8. The van der Waals surface area contributed by atoms with E-state index in [-0.39, 0.29) is 12.1 Å². The minimum absolute atomic E-state index is 0.176. The molecule has 2 aromatic carbocycles. The van der Waals surface area contributed by atoms with Gasteiger partial charge in [0, 0.05) is 24.1 Å². The maximum Gasteiger partial charge on any atom is 0.325 e. The van der Waals surface area contributed by atoms with E-state index < -0.39 is 5.72 Å². The van der Waals surface area contributed by atoms with Gasteiger partial charge in [-0.1, -0.05) is 12.1 Å². The first kappa shape index (κ1) is 19.0. The quantitative estimate of drug-likeness (QED) is 0.828. The maximum atomic E-state index is 13.1. The van der Waals surface area contributed by atoms with Gasteiger partial charge < -0.3 is 29.0 Å². The molecule has 29 heavy (non-hydrogen) atoms. The van der Waals surface area contributed by atoms with Gasteiger partial charge >= 0.3 is 6.03 Å². The Kier molecular flexibility index (Phi) is 4.56. The molecule has 0 aliphatic carbocycles. The Balaban J connectivity index is 1.83. The Morgan fingerprint density at radius 1 is 1.03 bits per heavy atom.